The van der Waals surface area contributed by atoms with Gasteiger partial charge in [-0.25, -0.2) is 9.78 Å². The normalized spacial score (nSPS) is 10.2. The van der Waals surface area contributed by atoms with Gasteiger partial charge in [0, 0.05) is 6.07 Å². The minimum Gasteiger partial charge on any atom is -0.460 e. The van der Waals surface area contributed by atoms with Crippen molar-refractivity contribution in [1.29, 1.82) is 0 Å². The van der Waals surface area contributed by atoms with Crippen LogP contribution >= 0.6 is 0 Å². The number of carbonyl (C=O) groups is 1. The van der Waals surface area contributed by atoms with Crippen LogP contribution in [0.2, 0.25) is 0 Å². The van der Waals surface area contributed by atoms with Crippen LogP contribution in [0, 0.1) is 0 Å². The predicted octanol–water partition coefficient (Wildman–Crippen LogP) is 1.51. The highest BCUT2D eigenvalue weighted by molar-refractivity contribution is 5.92. The molecule has 0 atom stereocenters. The molecule has 0 spiro atoms. The predicted molar refractivity (Wildman–Crippen MR) is 48.0 cm³/mol. The molecule has 78 valence electrons. The van der Waals surface area contributed by atoms with E-state index in [-0.39, 0.29) is 12.4 Å². The molecule has 2 rings (SSSR count). The number of rotatable bonds is 3. The summed E-state index contributed by atoms with van der Waals surface area (Å²) in [5.41, 5.74) is 0.297. The maximum absolute atomic E-state index is 11.4. The van der Waals surface area contributed by atoms with Crippen molar-refractivity contribution in [3.63, 3.8) is 0 Å². The van der Waals surface area contributed by atoms with E-state index < -0.39 is 5.97 Å². The van der Waals surface area contributed by atoms with Gasteiger partial charge in [-0.05, 0) is 6.92 Å². The lowest BCUT2D eigenvalue weighted by Crippen LogP contribution is -2.04. The molecule has 2 aromatic rings. The fourth-order valence-electron chi connectivity index (χ4n) is 1.10. The summed E-state index contributed by atoms with van der Waals surface area (Å²) in [4.78, 5) is 15.3. The fourth-order valence-corrected chi connectivity index (χ4v) is 1.10. The molecule has 0 saturated heterocycles. The molecular formula is C9H8N2O4. The standard InChI is InChI=1S/C9H8N2O4/c1-2-13-9(12)8-7(10-5-14-8)6-3-4-11-15-6/h3-5H,2H2,1H3. The van der Waals surface area contributed by atoms with Gasteiger partial charge >= 0.3 is 5.97 Å². The van der Waals surface area contributed by atoms with Crippen LogP contribution in [0.1, 0.15) is 17.5 Å². The monoisotopic (exact) mass is 208 g/mol. The highest BCUT2D eigenvalue weighted by Crippen LogP contribution is 2.21. The van der Waals surface area contributed by atoms with E-state index in [4.69, 9.17) is 13.7 Å². The Morgan fingerprint density at radius 1 is 1.60 bits per heavy atom. The summed E-state index contributed by atoms with van der Waals surface area (Å²) in [7, 11) is 0. The van der Waals surface area contributed by atoms with Crippen molar-refractivity contribution in [2.75, 3.05) is 6.61 Å². The third kappa shape index (κ3) is 1.74. The zero-order chi connectivity index (χ0) is 10.7. The summed E-state index contributed by atoms with van der Waals surface area (Å²) >= 11 is 0. The average molecular weight is 208 g/mol. The molecule has 15 heavy (non-hydrogen) atoms. The van der Waals surface area contributed by atoms with E-state index in [0.29, 0.717) is 11.5 Å². The second-order valence-electron chi connectivity index (χ2n) is 2.63. The summed E-state index contributed by atoms with van der Waals surface area (Å²) in [5, 5.41) is 3.52. The maximum Gasteiger partial charge on any atom is 0.376 e. The summed E-state index contributed by atoms with van der Waals surface area (Å²) < 4.78 is 14.6. The average Bonchev–Trinajstić information content (AvgIpc) is 2.88. The van der Waals surface area contributed by atoms with Crippen LogP contribution in [-0.2, 0) is 4.74 Å². The molecule has 0 radical (unpaired) electrons. The molecule has 0 saturated carbocycles. The van der Waals surface area contributed by atoms with Gasteiger partial charge in [-0.3, -0.25) is 0 Å². The van der Waals surface area contributed by atoms with Crippen LogP contribution in [0.15, 0.2) is 27.6 Å². The third-order valence-electron chi connectivity index (χ3n) is 1.70. The molecule has 0 N–H and O–H groups in total. The van der Waals surface area contributed by atoms with Crippen LogP contribution in [-0.4, -0.2) is 22.7 Å². The number of carbonyl (C=O) groups excluding carboxylic acids is 1. The van der Waals surface area contributed by atoms with Gasteiger partial charge in [0.1, 0.15) is 0 Å². The Bertz CT molecular complexity index is 446. The number of esters is 1. The minimum absolute atomic E-state index is 0.0219. The zero-order valence-corrected chi connectivity index (χ0v) is 7.97. The number of nitrogens with zero attached hydrogens (tertiary/aromatic N) is 2. The van der Waals surface area contributed by atoms with Gasteiger partial charge in [0.25, 0.3) is 0 Å². The molecule has 0 aliphatic heterocycles. The molecule has 0 fully saturated rings. The van der Waals surface area contributed by atoms with Crippen molar-refractivity contribution in [1.82, 2.24) is 10.1 Å². The van der Waals surface area contributed by atoms with Crippen LogP contribution in [0.4, 0.5) is 0 Å². The van der Waals surface area contributed by atoms with Gasteiger partial charge in [-0.1, -0.05) is 5.16 Å². The van der Waals surface area contributed by atoms with Crippen LogP contribution < -0.4 is 0 Å². The lowest BCUT2D eigenvalue weighted by atomic mass is 10.3. The Morgan fingerprint density at radius 2 is 2.47 bits per heavy atom. The van der Waals surface area contributed by atoms with E-state index in [1.807, 2.05) is 0 Å². The molecule has 0 amide bonds. The Kier molecular flexibility index (Phi) is 2.49. The minimum atomic E-state index is -0.568. The molecule has 0 unspecified atom stereocenters. The summed E-state index contributed by atoms with van der Waals surface area (Å²) in [6.45, 7) is 1.98. The van der Waals surface area contributed by atoms with Gasteiger partial charge in [0.2, 0.25) is 5.76 Å². The van der Waals surface area contributed by atoms with E-state index >= 15 is 0 Å². The van der Waals surface area contributed by atoms with Crippen LogP contribution in [0.5, 0.6) is 0 Å². The highest BCUT2D eigenvalue weighted by atomic mass is 16.5. The molecular weight excluding hydrogens is 200 g/mol. The largest absolute Gasteiger partial charge is 0.460 e. The van der Waals surface area contributed by atoms with E-state index in [0.717, 1.165) is 6.39 Å². The second-order valence-corrected chi connectivity index (χ2v) is 2.63. The molecule has 0 aromatic carbocycles. The Labute approximate surface area is 84.8 Å². The van der Waals surface area contributed by atoms with Gasteiger partial charge in [0.05, 0.1) is 12.8 Å². The van der Waals surface area contributed by atoms with Crippen molar-refractivity contribution in [2.45, 2.75) is 6.92 Å². The smallest absolute Gasteiger partial charge is 0.376 e. The van der Waals surface area contributed by atoms with Crippen molar-refractivity contribution in [3.8, 4) is 11.5 Å². The Hall–Kier alpha value is -2.11. The number of aromatic nitrogens is 2. The zero-order valence-electron chi connectivity index (χ0n) is 7.97. The van der Waals surface area contributed by atoms with Crippen molar-refractivity contribution in [2.24, 2.45) is 0 Å². The Balaban J connectivity index is 2.34. The molecule has 2 aromatic heterocycles. The van der Waals surface area contributed by atoms with Crippen LogP contribution in [0.3, 0.4) is 0 Å². The molecule has 0 aliphatic rings. The number of hydrogen-bond donors (Lipinski definition) is 0. The Morgan fingerprint density at radius 3 is 3.13 bits per heavy atom. The lowest BCUT2D eigenvalue weighted by molar-refractivity contribution is 0.0491. The fraction of sp³-hybridized carbons (Fsp3) is 0.222. The molecule has 0 bridgehead atoms. The van der Waals surface area contributed by atoms with Crippen molar-refractivity contribution < 1.29 is 18.5 Å². The first-order chi connectivity index (χ1) is 7.33. The maximum atomic E-state index is 11.4. The summed E-state index contributed by atoms with van der Waals surface area (Å²) in [5.74, 6) is -0.179. The molecule has 2 heterocycles. The van der Waals surface area contributed by atoms with E-state index in [1.54, 1.807) is 13.0 Å². The van der Waals surface area contributed by atoms with Crippen molar-refractivity contribution >= 4 is 5.97 Å². The van der Waals surface area contributed by atoms with Crippen molar-refractivity contribution in [3.05, 3.63) is 24.4 Å². The van der Waals surface area contributed by atoms with Crippen LogP contribution in [0.25, 0.3) is 11.5 Å². The van der Waals surface area contributed by atoms with E-state index in [1.165, 1.54) is 6.20 Å². The first-order valence-corrected chi connectivity index (χ1v) is 4.34. The summed E-state index contributed by atoms with van der Waals surface area (Å²) in [6.07, 6.45) is 2.61. The second kappa shape index (κ2) is 3.95. The quantitative estimate of drug-likeness (QED) is 0.711. The lowest BCUT2D eigenvalue weighted by Gasteiger charge is -1.97. The summed E-state index contributed by atoms with van der Waals surface area (Å²) in [6, 6.07) is 1.58. The van der Waals surface area contributed by atoms with Gasteiger partial charge < -0.3 is 13.7 Å². The first-order valence-electron chi connectivity index (χ1n) is 4.34. The molecule has 0 aliphatic carbocycles. The van der Waals surface area contributed by atoms with E-state index in [2.05, 4.69) is 10.1 Å². The first kappa shape index (κ1) is 9.45. The molecule has 6 heteroatoms. The van der Waals surface area contributed by atoms with E-state index in [9.17, 15) is 4.79 Å². The van der Waals surface area contributed by atoms with Gasteiger partial charge in [-0.2, -0.15) is 0 Å². The number of ether oxygens (including phenoxy) is 1. The third-order valence-corrected chi connectivity index (χ3v) is 1.70. The number of oxazole rings is 1. The van der Waals surface area contributed by atoms with Gasteiger partial charge in [0.15, 0.2) is 17.8 Å². The highest BCUT2D eigenvalue weighted by Gasteiger charge is 2.21. The molecule has 6 nitrogen and oxygen atoms in total. The SMILES string of the molecule is CCOC(=O)c1ocnc1-c1ccno1. The van der Waals surface area contributed by atoms with Gasteiger partial charge in [-0.15, -0.1) is 0 Å². The topological polar surface area (TPSA) is 78.4 Å². The number of hydrogen-bond acceptors (Lipinski definition) is 6.